The molecule has 0 unspecified atom stereocenters. The smallest absolute Gasteiger partial charge is 0.190 e. The van der Waals surface area contributed by atoms with Crippen molar-refractivity contribution in [1.29, 1.82) is 0 Å². The standard InChI is InChI=1S/C10H16N4/c1-12-10(11)14(2)8-5-9-3-6-13-7-4-9/h3-4,6-7H,5,8H2,1-2H3,(H2,11,12). The van der Waals surface area contributed by atoms with Crippen molar-refractivity contribution in [3.8, 4) is 0 Å². The SMILES string of the molecule is CN=C(N)N(C)CCc1ccncc1. The van der Waals surface area contributed by atoms with E-state index < -0.39 is 0 Å². The fraction of sp³-hybridized carbons (Fsp3) is 0.400. The molecule has 1 aromatic rings. The molecule has 0 radical (unpaired) electrons. The minimum absolute atomic E-state index is 0.569. The van der Waals surface area contributed by atoms with Crippen molar-refractivity contribution in [1.82, 2.24) is 9.88 Å². The topological polar surface area (TPSA) is 54.5 Å². The first kappa shape index (κ1) is 10.5. The lowest BCUT2D eigenvalue weighted by Gasteiger charge is -2.17. The molecule has 0 atom stereocenters. The maximum Gasteiger partial charge on any atom is 0.190 e. The Morgan fingerprint density at radius 1 is 1.50 bits per heavy atom. The van der Waals surface area contributed by atoms with E-state index in [-0.39, 0.29) is 0 Å². The highest BCUT2D eigenvalue weighted by molar-refractivity contribution is 5.77. The third-order valence-electron chi connectivity index (χ3n) is 2.11. The van der Waals surface area contributed by atoms with E-state index in [9.17, 15) is 0 Å². The van der Waals surface area contributed by atoms with Gasteiger partial charge in [0.25, 0.3) is 0 Å². The molecule has 0 amide bonds. The van der Waals surface area contributed by atoms with Crippen LogP contribution in [-0.2, 0) is 6.42 Å². The molecule has 4 heteroatoms. The molecule has 1 heterocycles. The highest BCUT2D eigenvalue weighted by Gasteiger charge is 2.00. The summed E-state index contributed by atoms with van der Waals surface area (Å²) in [5.41, 5.74) is 6.90. The van der Waals surface area contributed by atoms with E-state index in [0.29, 0.717) is 5.96 Å². The molecule has 1 rings (SSSR count). The molecule has 0 aliphatic heterocycles. The molecule has 0 fully saturated rings. The lowest BCUT2D eigenvalue weighted by Crippen LogP contribution is -2.35. The summed E-state index contributed by atoms with van der Waals surface area (Å²) in [6.07, 6.45) is 4.55. The zero-order valence-corrected chi connectivity index (χ0v) is 8.64. The Bertz CT molecular complexity index is 294. The average molecular weight is 192 g/mol. The average Bonchev–Trinajstić information content (AvgIpc) is 2.26. The van der Waals surface area contributed by atoms with Gasteiger partial charge >= 0.3 is 0 Å². The highest BCUT2D eigenvalue weighted by atomic mass is 15.2. The van der Waals surface area contributed by atoms with Crippen LogP contribution in [0, 0.1) is 0 Å². The van der Waals surface area contributed by atoms with Crippen molar-refractivity contribution in [2.24, 2.45) is 10.7 Å². The molecule has 14 heavy (non-hydrogen) atoms. The minimum atomic E-state index is 0.569. The van der Waals surface area contributed by atoms with Crippen LogP contribution in [0.3, 0.4) is 0 Å². The molecule has 0 saturated heterocycles. The Hall–Kier alpha value is -1.58. The van der Waals surface area contributed by atoms with Gasteiger partial charge in [-0.05, 0) is 24.1 Å². The van der Waals surface area contributed by atoms with Gasteiger partial charge in [0, 0.05) is 33.0 Å². The fourth-order valence-corrected chi connectivity index (χ4v) is 1.13. The summed E-state index contributed by atoms with van der Waals surface area (Å²) >= 11 is 0. The molecule has 76 valence electrons. The van der Waals surface area contributed by atoms with Gasteiger partial charge in [0.1, 0.15) is 0 Å². The summed E-state index contributed by atoms with van der Waals surface area (Å²) in [4.78, 5) is 9.80. The summed E-state index contributed by atoms with van der Waals surface area (Å²) < 4.78 is 0. The van der Waals surface area contributed by atoms with Gasteiger partial charge in [-0.3, -0.25) is 9.98 Å². The Morgan fingerprint density at radius 3 is 2.71 bits per heavy atom. The maximum atomic E-state index is 5.64. The van der Waals surface area contributed by atoms with Crippen molar-refractivity contribution < 1.29 is 0 Å². The summed E-state index contributed by atoms with van der Waals surface area (Å²) in [5.74, 6) is 0.569. The first-order chi connectivity index (χ1) is 6.74. The second kappa shape index (κ2) is 5.21. The summed E-state index contributed by atoms with van der Waals surface area (Å²) in [5, 5.41) is 0. The Kier molecular flexibility index (Phi) is 3.91. The Morgan fingerprint density at radius 2 is 2.14 bits per heavy atom. The predicted octanol–water partition coefficient (Wildman–Crippen LogP) is 0.500. The van der Waals surface area contributed by atoms with Gasteiger partial charge in [0.2, 0.25) is 0 Å². The number of guanidine groups is 1. The second-order valence-corrected chi connectivity index (χ2v) is 3.11. The number of aromatic nitrogens is 1. The number of aliphatic imine (C=N–C) groups is 1. The van der Waals surface area contributed by atoms with E-state index in [0.717, 1.165) is 13.0 Å². The second-order valence-electron chi connectivity index (χ2n) is 3.11. The zero-order valence-electron chi connectivity index (χ0n) is 8.64. The number of pyridine rings is 1. The zero-order chi connectivity index (χ0) is 10.4. The van der Waals surface area contributed by atoms with Crippen LogP contribution in [0.1, 0.15) is 5.56 Å². The van der Waals surface area contributed by atoms with Gasteiger partial charge in [0.05, 0.1) is 0 Å². The number of nitrogens with zero attached hydrogens (tertiary/aromatic N) is 3. The first-order valence-corrected chi connectivity index (χ1v) is 4.56. The van der Waals surface area contributed by atoms with Crippen LogP contribution in [0.25, 0.3) is 0 Å². The van der Waals surface area contributed by atoms with E-state index in [1.54, 1.807) is 19.4 Å². The number of hydrogen-bond donors (Lipinski definition) is 1. The van der Waals surface area contributed by atoms with Gasteiger partial charge < -0.3 is 10.6 Å². The summed E-state index contributed by atoms with van der Waals surface area (Å²) in [7, 11) is 3.63. The quantitative estimate of drug-likeness (QED) is 0.560. The number of hydrogen-bond acceptors (Lipinski definition) is 2. The van der Waals surface area contributed by atoms with Crippen LogP contribution in [0.15, 0.2) is 29.5 Å². The fourth-order valence-electron chi connectivity index (χ4n) is 1.13. The predicted molar refractivity (Wildman–Crippen MR) is 58.1 cm³/mol. The molecular formula is C10H16N4. The molecular weight excluding hydrogens is 176 g/mol. The monoisotopic (exact) mass is 192 g/mol. The molecule has 4 nitrogen and oxygen atoms in total. The lowest BCUT2D eigenvalue weighted by atomic mass is 10.2. The highest BCUT2D eigenvalue weighted by Crippen LogP contribution is 1.98. The van der Waals surface area contributed by atoms with E-state index >= 15 is 0 Å². The lowest BCUT2D eigenvalue weighted by molar-refractivity contribution is 0.501. The Balaban J connectivity index is 2.42. The van der Waals surface area contributed by atoms with Gasteiger partial charge in [-0.2, -0.15) is 0 Å². The van der Waals surface area contributed by atoms with Gasteiger partial charge in [-0.1, -0.05) is 0 Å². The largest absolute Gasteiger partial charge is 0.370 e. The van der Waals surface area contributed by atoms with Crippen LogP contribution < -0.4 is 5.73 Å². The van der Waals surface area contributed by atoms with E-state index in [2.05, 4.69) is 9.98 Å². The third kappa shape index (κ3) is 3.05. The van der Waals surface area contributed by atoms with Crippen LogP contribution in [0.2, 0.25) is 0 Å². The van der Waals surface area contributed by atoms with Gasteiger partial charge in [0.15, 0.2) is 5.96 Å². The van der Waals surface area contributed by atoms with Crippen LogP contribution >= 0.6 is 0 Å². The minimum Gasteiger partial charge on any atom is -0.370 e. The molecule has 0 aliphatic carbocycles. The van der Waals surface area contributed by atoms with Crippen molar-refractivity contribution in [2.45, 2.75) is 6.42 Å². The third-order valence-corrected chi connectivity index (χ3v) is 2.11. The molecule has 0 bridgehead atoms. The van der Waals surface area contributed by atoms with Crippen LogP contribution in [0.5, 0.6) is 0 Å². The van der Waals surface area contributed by atoms with Gasteiger partial charge in [-0.25, -0.2) is 0 Å². The molecule has 2 N–H and O–H groups in total. The van der Waals surface area contributed by atoms with Crippen molar-refractivity contribution in [2.75, 3.05) is 20.6 Å². The number of rotatable bonds is 3. The first-order valence-electron chi connectivity index (χ1n) is 4.56. The van der Waals surface area contributed by atoms with Crippen LogP contribution in [0.4, 0.5) is 0 Å². The van der Waals surface area contributed by atoms with Crippen LogP contribution in [-0.4, -0.2) is 36.5 Å². The molecule has 1 aromatic heterocycles. The van der Waals surface area contributed by atoms with E-state index in [1.807, 2.05) is 24.1 Å². The molecule has 0 aromatic carbocycles. The molecule has 0 aliphatic rings. The number of nitrogens with two attached hydrogens (primary N) is 1. The summed E-state index contributed by atoms with van der Waals surface area (Å²) in [6, 6.07) is 4.01. The van der Waals surface area contributed by atoms with Gasteiger partial charge in [-0.15, -0.1) is 0 Å². The van der Waals surface area contributed by atoms with Crippen molar-refractivity contribution in [3.05, 3.63) is 30.1 Å². The van der Waals surface area contributed by atoms with Crippen molar-refractivity contribution >= 4 is 5.96 Å². The normalized spacial score (nSPS) is 11.4. The maximum absolute atomic E-state index is 5.64. The molecule has 0 saturated carbocycles. The molecule has 0 spiro atoms. The van der Waals surface area contributed by atoms with Crippen molar-refractivity contribution in [3.63, 3.8) is 0 Å². The Labute approximate surface area is 84.5 Å². The van der Waals surface area contributed by atoms with E-state index in [4.69, 9.17) is 5.73 Å². The summed E-state index contributed by atoms with van der Waals surface area (Å²) in [6.45, 7) is 0.868. The van der Waals surface area contributed by atoms with E-state index in [1.165, 1.54) is 5.56 Å². The number of likely N-dealkylation sites (N-methyl/N-ethyl adjacent to an activating group) is 1.